The van der Waals surface area contributed by atoms with E-state index >= 15 is 0 Å². The van der Waals surface area contributed by atoms with Gasteiger partial charge in [-0.15, -0.1) is 11.3 Å². The lowest BCUT2D eigenvalue weighted by atomic mass is 10.2. The van der Waals surface area contributed by atoms with Crippen LogP contribution in [0.15, 0.2) is 12.1 Å². The van der Waals surface area contributed by atoms with Crippen LogP contribution in [-0.2, 0) is 16.0 Å². The van der Waals surface area contributed by atoms with Gasteiger partial charge < -0.3 is 15.4 Å². The van der Waals surface area contributed by atoms with Crippen molar-refractivity contribution in [2.75, 3.05) is 13.2 Å². The predicted molar refractivity (Wildman–Crippen MR) is 75.4 cm³/mol. The number of carbonyl (C=O) groups is 2. The third kappa shape index (κ3) is 6.24. The zero-order valence-corrected chi connectivity index (χ0v) is 12.3. The molecule has 0 aromatic carbocycles. The normalized spacial score (nSPS) is 11.7. The smallest absolute Gasteiger partial charge is 0.325 e. The maximum Gasteiger partial charge on any atom is 0.325 e. The number of nitrogens with one attached hydrogen (secondary N) is 2. The second-order valence-corrected chi connectivity index (χ2v) is 5.62. The SMILES string of the molecule is CCOC(=O)CNC(=O)NC(C)Cc1ccc(C)s1. The second-order valence-electron chi connectivity index (χ2n) is 4.25. The summed E-state index contributed by atoms with van der Waals surface area (Å²) < 4.78 is 4.72. The van der Waals surface area contributed by atoms with Crippen molar-refractivity contribution in [3.63, 3.8) is 0 Å². The number of hydrogen-bond donors (Lipinski definition) is 2. The van der Waals surface area contributed by atoms with Crippen molar-refractivity contribution >= 4 is 23.3 Å². The number of hydrogen-bond acceptors (Lipinski definition) is 4. The standard InChI is InChI=1S/C13H20N2O3S/c1-4-18-12(16)8-14-13(17)15-9(2)7-11-6-5-10(3)19-11/h5-6,9H,4,7-8H2,1-3H3,(H2,14,15,17). The highest BCUT2D eigenvalue weighted by Gasteiger charge is 2.10. The first kappa shape index (κ1) is 15.5. The molecule has 0 aliphatic carbocycles. The zero-order chi connectivity index (χ0) is 14.3. The quantitative estimate of drug-likeness (QED) is 0.783. The highest BCUT2D eigenvalue weighted by Crippen LogP contribution is 2.16. The van der Waals surface area contributed by atoms with Crippen LogP contribution in [0, 0.1) is 6.92 Å². The molecule has 0 saturated carbocycles. The monoisotopic (exact) mass is 284 g/mol. The molecule has 19 heavy (non-hydrogen) atoms. The van der Waals surface area contributed by atoms with E-state index in [1.807, 2.05) is 6.92 Å². The van der Waals surface area contributed by atoms with Gasteiger partial charge in [0.05, 0.1) is 6.61 Å². The van der Waals surface area contributed by atoms with Crippen molar-refractivity contribution in [2.45, 2.75) is 33.2 Å². The van der Waals surface area contributed by atoms with Crippen LogP contribution in [-0.4, -0.2) is 31.2 Å². The van der Waals surface area contributed by atoms with Gasteiger partial charge in [0.25, 0.3) is 0 Å². The minimum absolute atomic E-state index is 0.0141. The molecule has 1 heterocycles. The van der Waals surface area contributed by atoms with E-state index in [0.717, 1.165) is 6.42 Å². The van der Waals surface area contributed by atoms with Crippen LogP contribution in [0.25, 0.3) is 0 Å². The first-order valence-corrected chi connectivity index (χ1v) is 7.08. The number of rotatable bonds is 6. The summed E-state index contributed by atoms with van der Waals surface area (Å²) in [5.41, 5.74) is 0. The van der Waals surface area contributed by atoms with Crippen LogP contribution in [0.2, 0.25) is 0 Å². The van der Waals surface area contributed by atoms with E-state index in [1.54, 1.807) is 18.3 Å². The minimum atomic E-state index is -0.431. The molecule has 2 N–H and O–H groups in total. The molecule has 0 spiro atoms. The fourth-order valence-electron chi connectivity index (χ4n) is 1.59. The maximum absolute atomic E-state index is 11.5. The van der Waals surface area contributed by atoms with Gasteiger partial charge in [-0.25, -0.2) is 4.79 Å². The maximum atomic E-state index is 11.5. The summed E-state index contributed by atoms with van der Waals surface area (Å²) in [6, 6.07) is 3.79. The second kappa shape index (κ2) is 7.78. The largest absolute Gasteiger partial charge is 0.465 e. The molecule has 0 radical (unpaired) electrons. The Hall–Kier alpha value is -1.56. The van der Waals surface area contributed by atoms with Crippen LogP contribution in [0.1, 0.15) is 23.6 Å². The van der Waals surface area contributed by atoms with Gasteiger partial charge >= 0.3 is 12.0 Å². The van der Waals surface area contributed by atoms with Crippen LogP contribution >= 0.6 is 11.3 Å². The van der Waals surface area contributed by atoms with Crippen LogP contribution < -0.4 is 10.6 Å². The molecule has 106 valence electrons. The molecule has 0 fully saturated rings. The van der Waals surface area contributed by atoms with Crippen LogP contribution in [0.4, 0.5) is 4.79 Å². The van der Waals surface area contributed by atoms with Gasteiger partial charge in [0.15, 0.2) is 0 Å². The van der Waals surface area contributed by atoms with Crippen molar-refractivity contribution in [3.8, 4) is 0 Å². The van der Waals surface area contributed by atoms with Crippen molar-refractivity contribution in [1.29, 1.82) is 0 Å². The molecule has 6 heteroatoms. The van der Waals surface area contributed by atoms with E-state index in [1.165, 1.54) is 9.75 Å². The molecule has 2 amide bonds. The van der Waals surface area contributed by atoms with Gasteiger partial charge in [-0.2, -0.15) is 0 Å². The summed E-state index contributed by atoms with van der Waals surface area (Å²) >= 11 is 1.72. The van der Waals surface area contributed by atoms with Gasteiger partial charge in [-0.3, -0.25) is 4.79 Å². The molecule has 0 bridgehead atoms. The van der Waals surface area contributed by atoms with E-state index in [0.29, 0.717) is 6.61 Å². The molecule has 1 atom stereocenters. The Bertz CT molecular complexity index is 431. The number of ether oxygens (including phenoxy) is 1. The first-order chi connectivity index (χ1) is 9.01. The number of esters is 1. The van der Waals surface area contributed by atoms with Crippen molar-refractivity contribution in [3.05, 3.63) is 21.9 Å². The summed E-state index contributed by atoms with van der Waals surface area (Å²) in [6.45, 7) is 5.92. The van der Waals surface area contributed by atoms with Crippen molar-refractivity contribution in [2.24, 2.45) is 0 Å². The summed E-state index contributed by atoms with van der Waals surface area (Å²) in [7, 11) is 0. The summed E-state index contributed by atoms with van der Waals surface area (Å²) in [5.74, 6) is -0.431. The molecule has 1 aromatic rings. The number of urea groups is 1. The Balaban J connectivity index is 2.26. The highest BCUT2D eigenvalue weighted by atomic mass is 32.1. The molecule has 0 aliphatic rings. The Morgan fingerprint density at radius 2 is 2.16 bits per heavy atom. The fraction of sp³-hybridized carbons (Fsp3) is 0.538. The zero-order valence-electron chi connectivity index (χ0n) is 11.5. The van der Waals surface area contributed by atoms with Gasteiger partial charge in [0.2, 0.25) is 0 Å². The van der Waals surface area contributed by atoms with E-state index in [-0.39, 0.29) is 18.6 Å². The van der Waals surface area contributed by atoms with Gasteiger partial charge in [-0.1, -0.05) is 0 Å². The summed E-state index contributed by atoms with van der Waals surface area (Å²) in [5, 5.41) is 5.25. The Kier molecular flexibility index (Phi) is 6.35. The lowest BCUT2D eigenvalue weighted by molar-refractivity contribution is -0.141. The third-order valence-electron chi connectivity index (χ3n) is 2.38. The summed E-state index contributed by atoms with van der Waals surface area (Å²) in [4.78, 5) is 25.1. The lowest BCUT2D eigenvalue weighted by Gasteiger charge is -2.13. The third-order valence-corrected chi connectivity index (χ3v) is 3.40. The lowest BCUT2D eigenvalue weighted by Crippen LogP contribution is -2.43. The van der Waals surface area contributed by atoms with Crippen molar-refractivity contribution in [1.82, 2.24) is 10.6 Å². The Morgan fingerprint density at radius 3 is 2.74 bits per heavy atom. The van der Waals surface area contributed by atoms with E-state index in [2.05, 4.69) is 29.7 Å². The van der Waals surface area contributed by atoms with Gasteiger partial charge in [0, 0.05) is 22.2 Å². The topological polar surface area (TPSA) is 67.4 Å². The van der Waals surface area contributed by atoms with E-state index in [9.17, 15) is 9.59 Å². The molecule has 0 aliphatic heterocycles. The molecular weight excluding hydrogens is 264 g/mol. The fourth-order valence-corrected chi connectivity index (χ4v) is 2.61. The molecule has 5 nitrogen and oxygen atoms in total. The number of aryl methyl sites for hydroxylation is 1. The minimum Gasteiger partial charge on any atom is -0.465 e. The number of thiophene rings is 1. The first-order valence-electron chi connectivity index (χ1n) is 6.26. The van der Waals surface area contributed by atoms with E-state index < -0.39 is 5.97 Å². The number of amides is 2. The number of carbonyl (C=O) groups excluding carboxylic acids is 2. The van der Waals surface area contributed by atoms with Gasteiger partial charge in [-0.05, 0) is 32.9 Å². The molecule has 1 aromatic heterocycles. The molecule has 0 saturated heterocycles. The molecule has 1 unspecified atom stereocenters. The van der Waals surface area contributed by atoms with Gasteiger partial charge in [0.1, 0.15) is 6.54 Å². The van der Waals surface area contributed by atoms with Crippen LogP contribution in [0.3, 0.4) is 0 Å². The summed E-state index contributed by atoms with van der Waals surface area (Å²) in [6.07, 6.45) is 0.783. The highest BCUT2D eigenvalue weighted by molar-refractivity contribution is 7.11. The average Bonchev–Trinajstić information content (AvgIpc) is 2.72. The molecular formula is C13H20N2O3S. The average molecular weight is 284 g/mol. The molecule has 1 rings (SSSR count). The Morgan fingerprint density at radius 1 is 1.42 bits per heavy atom. The Labute approximate surface area is 117 Å². The van der Waals surface area contributed by atoms with Crippen LogP contribution in [0.5, 0.6) is 0 Å². The van der Waals surface area contributed by atoms with Crippen molar-refractivity contribution < 1.29 is 14.3 Å². The predicted octanol–water partition coefficient (Wildman–Crippen LogP) is 1.85. The van der Waals surface area contributed by atoms with E-state index in [4.69, 9.17) is 4.74 Å².